The topological polar surface area (TPSA) is 9.23 Å². The van der Waals surface area contributed by atoms with Gasteiger partial charge < -0.3 is 4.74 Å². The Morgan fingerprint density at radius 1 is 1.38 bits per heavy atom. The van der Waals surface area contributed by atoms with Crippen LogP contribution in [0.2, 0.25) is 0 Å². The summed E-state index contributed by atoms with van der Waals surface area (Å²) < 4.78 is 6.37. The summed E-state index contributed by atoms with van der Waals surface area (Å²) in [7, 11) is 1.70. The Bertz CT molecular complexity index is 355. The Morgan fingerprint density at radius 2 is 2.23 bits per heavy atom. The van der Waals surface area contributed by atoms with E-state index in [1.54, 1.807) is 7.11 Å². The molecule has 0 radical (unpaired) electrons. The first kappa shape index (κ1) is 8.82. The van der Waals surface area contributed by atoms with Gasteiger partial charge in [-0.2, -0.15) is 0 Å². The second kappa shape index (κ2) is 3.54. The van der Waals surface area contributed by atoms with Crippen LogP contribution in [0.15, 0.2) is 24.3 Å². The Labute approximate surface area is 86.5 Å². The number of rotatable bonds is 1. The van der Waals surface area contributed by atoms with Gasteiger partial charge >= 0.3 is 0 Å². The summed E-state index contributed by atoms with van der Waals surface area (Å²) >= 11 is 3.56. The van der Waals surface area contributed by atoms with E-state index in [4.69, 9.17) is 4.74 Å². The molecule has 1 aliphatic rings. The highest BCUT2D eigenvalue weighted by atomic mass is 79.9. The summed E-state index contributed by atoms with van der Waals surface area (Å²) in [6.07, 6.45) is 4.47. The predicted molar refractivity (Wildman–Crippen MR) is 58.2 cm³/mol. The van der Waals surface area contributed by atoms with E-state index in [2.05, 4.69) is 34.1 Å². The van der Waals surface area contributed by atoms with E-state index in [1.807, 2.05) is 6.07 Å². The summed E-state index contributed by atoms with van der Waals surface area (Å²) in [5.41, 5.74) is 2.67. The zero-order chi connectivity index (χ0) is 9.26. The van der Waals surface area contributed by atoms with Crippen LogP contribution in [0.1, 0.15) is 17.5 Å². The van der Waals surface area contributed by atoms with E-state index in [-0.39, 0.29) is 0 Å². The lowest BCUT2D eigenvalue weighted by Crippen LogP contribution is -1.97. The molecule has 0 heterocycles. The molecule has 2 rings (SSSR count). The normalized spacial score (nSPS) is 14.8. The van der Waals surface area contributed by atoms with Crippen molar-refractivity contribution in [3.63, 3.8) is 0 Å². The van der Waals surface area contributed by atoms with Crippen LogP contribution in [0.4, 0.5) is 0 Å². The lowest BCUT2D eigenvalue weighted by molar-refractivity contribution is 0.414. The van der Waals surface area contributed by atoms with Crippen molar-refractivity contribution in [1.29, 1.82) is 0 Å². The van der Waals surface area contributed by atoms with Crippen molar-refractivity contribution in [2.24, 2.45) is 0 Å². The third-order valence-corrected chi connectivity index (χ3v) is 3.06. The molecule has 0 saturated heterocycles. The number of allylic oxidation sites excluding steroid dienone is 1. The monoisotopic (exact) mass is 238 g/mol. The maximum Gasteiger partial charge on any atom is 0.119 e. The van der Waals surface area contributed by atoms with Crippen LogP contribution in [0, 0.1) is 0 Å². The predicted octanol–water partition coefficient (Wildman–Crippen LogP) is 3.38. The van der Waals surface area contributed by atoms with Crippen molar-refractivity contribution in [2.75, 3.05) is 7.11 Å². The van der Waals surface area contributed by atoms with E-state index < -0.39 is 0 Å². The quantitative estimate of drug-likeness (QED) is 0.729. The summed E-state index contributed by atoms with van der Waals surface area (Å²) in [4.78, 5) is 0. The molecule has 1 aromatic carbocycles. The molecule has 0 unspecified atom stereocenters. The maximum absolute atomic E-state index is 5.18. The summed E-state index contributed by atoms with van der Waals surface area (Å²) in [5.74, 6) is 0.922. The van der Waals surface area contributed by atoms with E-state index >= 15 is 0 Å². The van der Waals surface area contributed by atoms with E-state index in [0.717, 1.165) is 18.6 Å². The van der Waals surface area contributed by atoms with Gasteiger partial charge in [-0.3, -0.25) is 0 Å². The van der Waals surface area contributed by atoms with Crippen LogP contribution in [-0.4, -0.2) is 7.11 Å². The molecule has 0 bridgehead atoms. The minimum Gasteiger partial charge on any atom is -0.497 e. The molecule has 0 spiro atoms. The largest absolute Gasteiger partial charge is 0.497 e. The first-order valence-electron chi connectivity index (χ1n) is 4.34. The molecule has 1 aromatic rings. The molecule has 13 heavy (non-hydrogen) atoms. The molecule has 0 fully saturated rings. The molecule has 1 nitrogen and oxygen atoms in total. The number of halogens is 1. The molecule has 1 aliphatic carbocycles. The van der Waals surface area contributed by atoms with Gasteiger partial charge in [0.05, 0.1) is 7.11 Å². The molecular formula is C11H11BrO. The zero-order valence-corrected chi connectivity index (χ0v) is 9.10. The minimum atomic E-state index is 0.922. The Balaban J connectivity index is 2.50. The molecule has 0 aliphatic heterocycles. The lowest BCUT2D eigenvalue weighted by atomic mass is 9.97. The fourth-order valence-corrected chi connectivity index (χ4v) is 2.19. The summed E-state index contributed by atoms with van der Waals surface area (Å²) in [5, 5.41) is 0. The van der Waals surface area contributed by atoms with Crippen LogP contribution < -0.4 is 4.74 Å². The van der Waals surface area contributed by atoms with Gasteiger partial charge in [-0.25, -0.2) is 0 Å². The van der Waals surface area contributed by atoms with Gasteiger partial charge in [-0.15, -0.1) is 0 Å². The molecule has 68 valence electrons. The van der Waals surface area contributed by atoms with Crippen molar-refractivity contribution < 1.29 is 4.74 Å². The third-order valence-electron chi connectivity index (χ3n) is 2.31. The number of aryl methyl sites for hydroxylation is 1. The van der Waals surface area contributed by atoms with Gasteiger partial charge in [0.2, 0.25) is 0 Å². The van der Waals surface area contributed by atoms with Gasteiger partial charge in [-0.05, 0) is 36.1 Å². The number of ether oxygens (including phenoxy) is 1. The standard InChI is InChI=1S/C11H11BrO/c1-13-9-6-5-8-3-2-4-11(12)10(8)7-9/h4-7H,2-3H2,1H3. The van der Waals surface area contributed by atoms with Crippen LogP contribution in [0.5, 0.6) is 5.75 Å². The first-order chi connectivity index (χ1) is 6.31. The molecule has 0 amide bonds. The van der Waals surface area contributed by atoms with Gasteiger partial charge in [0.15, 0.2) is 0 Å². The second-order valence-electron chi connectivity index (χ2n) is 3.11. The molecule has 0 saturated carbocycles. The van der Waals surface area contributed by atoms with E-state index in [1.165, 1.54) is 15.6 Å². The molecule has 0 atom stereocenters. The molecule has 2 heteroatoms. The number of methoxy groups -OCH3 is 1. The van der Waals surface area contributed by atoms with Crippen molar-refractivity contribution in [2.45, 2.75) is 12.8 Å². The van der Waals surface area contributed by atoms with Crippen LogP contribution >= 0.6 is 15.9 Å². The minimum absolute atomic E-state index is 0.922. The van der Waals surface area contributed by atoms with Crippen LogP contribution in [0.25, 0.3) is 4.48 Å². The highest BCUT2D eigenvalue weighted by Gasteiger charge is 2.10. The smallest absolute Gasteiger partial charge is 0.119 e. The first-order valence-corrected chi connectivity index (χ1v) is 5.13. The van der Waals surface area contributed by atoms with Crippen molar-refractivity contribution >= 4 is 20.4 Å². The van der Waals surface area contributed by atoms with Gasteiger partial charge in [0, 0.05) is 4.48 Å². The SMILES string of the molecule is COc1ccc2c(c1)C(Br)=CCC2. The van der Waals surface area contributed by atoms with Crippen LogP contribution in [-0.2, 0) is 6.42 Å². The highest BCUT2D eigenvalue weighted by Crippen LogP contribution is 2.32. The number of benzene rings is 1. The molecule has 0 N–H and O–H groups in total. The fraction of sp³-hybridized carbons (Fsp3) is 0.273. The summed E-state index contributed by atoms with van der Waals surface area (Å²) in [6, 6.07) is 6.24. The van der Waals surface area contributed by atoms with Gasteiger partial charge in [0.25, 0.3) is 0 Å². The van der Waals surface area contributed by atoms with Crippen molar-refractivity contribution in [3.05, 3.63) is 35.4 Å². The van der Waals surface area contributed by atoms with E-state index in [0.29, 0.717) is 0 Å². The zero-order valence-electron chi connectivity index (χ0n) is 7.51. The van der Waals surface area contributed by atoms with Crippen LogP contribution in [0.3, 0.4) is 0 Å². The highest BCUT2D eigenvalue weighted by molar-refractivity contribution is 9.15. The number of hydrogen-bond donors (Lipinski definition) is 0. The van der Waals surface area contributed by atoms with Gasteiger partial charge in [0.1, 0.15) is 5.75 Å². The fourth-order valence-electron chi connectivity index (χ4n) is 1.59. The third kappa shape index (κ3) is 1.63. The Hall–Kier alpha value is -0.760. The lowest BCUT2D eigenvalue weighted by Gasteiger charge is -2.14. The number of hydrogen-bond acceptors (Lipinski definition) is 1. The average molecular weight is 239 g/mol. The molecular weight excluding hydrogens is 228 g/mol. The van der Waals surface area contributed by atoms with E-state index in [9.17, 15) is 0 Å². The average Bonchev–Trinajstić information content (AvgIpc) is 2.18. The number of fused-ring (bicyclic) bond motifs is 1. The second-order valence-corrected chi connectivity index (χ2v) is 3.97. The summed E-state index contributed by atoms with van der Waals surface area (Å²) in [6.45, 7) is 0. The molecule has 0 aromatic heterocycles. The Morgan fingerprint density at radius 3 is 3.00 bits per heavy atom. The maximum atomic E-state index is 5.18. The van der Waals surface area contributed by atoms with Crippen molar-refractivity contribution in [1.82, 2.24) is 0 Å². The van der Waals surface area contributed by atoms with Crippen molar-refractivity contribution in [3.8, 4) is 5.75 Å². The Kier molecular flexibility index (Phi) is 2.40. The van der Waals surface area contributed by atoms with Gasteiger partial charge in [-0.1, -0.05) is 28.1 Å².